The van der Waals surface area contributed by atoms with Gasteiger partial charge in [-0.2, -0.15) is 13.2 Å². The Morgan fingerprint density at radius 3 is 2.27 bits per heavy atom. The molecule has 1 aliphatic heterocycles. The van der Waals surface area contributed by atoms with Crippen LogP contribution in [-0.2, 0) is 21.0 Å². The van der Waals surface area contributed by atoms with Crippen LogP contribution in [-0.4, -0.2) is 14.3 Å². The van der Waals surface area contributed by atoms with E-state index in [1.165, 1.54) is 18.2 Å². The van der Waals surface area contributed by atoms with Crippen LogP contribution in [0.15, 0.2) is 65.6 Å². The van der Waals surface area contributed by atoms with Gasteiger partial charge in [-0.3, -0.25) is 9.52 Å². The van der Waals surface area contributed by atoms with Crippen molar-refractivity contribution in [3.05, 3.63) is 88.5 Å². The van der Waals surface area contributed by atoms with Crippen molar-refractivity contribution < 1.29 is 26.4 Å². The van der Waals surface area contributed by atoms with Crippen molar-refractivity contribution in [3.63, 3.8) is 0 Å². The summed E-state index contributed by atoms with van der Waals surface area (Å²) in [5, 5.41) is 2.72. The third kappa shape index (κ3) is 4.63. The van der Waals surface area contributed by atoms with Crippen LogP contribution < -0.4 is 10.0 Å². The summed E-state index contributed by atoms with van der Waals surface area (Å²) in [5.74, 6) is -0.352. The van der Waals surface area contributed by atoms with Gasteiger partial charge in [-0.1, -0.05) is 23.8 Å². The number of nitrogens with one attached hydrogen (secondary N) is 2. The molecule has 5 nitrogen and oxygen atoms in total. The van der Waals surface area contributed by atoms with Crippen LogP contribution in [0, 0.1) is 13.8 Å². The molecular formula is C24H19F3N2O3S. The van der Waals surface area contributed by atoms with Gasteiger partial charge in [-0.25, -0.2) is 8.42 Å². The van der Waals surface area contributed by atoms with Crippen molar-refractivity contribution >= 4 is 39.0 Å². The molecule has 0 radical (unpaired) electrons. The second kappa shape index (κ2) is 8.08. The standard InChI is InChI=1S/C24H19F3N2O3S/c1-14-3-4-16(15(2)11-14)12-21-20-13-19(9-10-22(20)28-23(21)30)33(31,32)29-18-7-5-17(6-8-18)24(25,26)27/h3-13,29H,1-2H3,(H,28,30). The number of hydrogen-bond donors (Lipinski definition) is 2. The highest BCUT2D eigenvalue weighted by molar-refractivity contribution is 7.92. The summed E-state index contributed by atoms with van der Waals surface area (Å²) >= 11 is 0. The first-order chi connectivity index (χ1) is 15.4. The Hall–Kier alpha value is -3.59. The molecule has 1 aliphatic rings. The smallest absolute Gasteiger partial charge is 0.321 e. The predicted octanol–water partition coefficient (Wildman–Crippen LogP) is 5.62. The Morgan fingerprint density at radius 1 is 0.939 bits per heavy atom. The fourth-order valence-corrected chi connectivity index (χ4v) is 4.65. The number of amides is 1. The number of rotatable bonds is 4. The lowest BCUT2D eigenvalue weighted by molar-refractivity contribution is -0.137. The average Bonchev–Trinajstić information content (AvgIpc) is 3.04. The molecule has 0 bridgehead atoms. The van der Waals surface area contributed by atoms with Gasteiger partial charge in [0.2, 0.25) is 0 Å². The summed E-state index contributed by atoms with van der Waals surface area (Å²) in [6.07, 6.45) is -2.81. The van der Waals surface area contributed by atoms with E-state index >= 15 is 0 Å². The van der Waals surface area contributed by atoms with Crippen LogP contribution in [0.5, 0.6) is 0 Å². The van der Waals surface area contributed by atoms with Gasteiger partial charge in [0.25, 0.3) is 15.9 Å². The number of hydrogen-bond acceptors (Lipinski definition) is 3. The monoisotopic (exact) mass is 472 g/mol. The third-order valence-corrected chi connectivity index (χ3v) is 6.65. The van der Waals surface area contributed by atoms with E-state index in [0.717, 1.165) is 41.0 Å². The van der Waals surface area contributed by atoms with Gasteiger partial charge >= 0.3 is 6.18 Å². The van der Waals surface area contributed by atoms with Gasteiger partial charge in [0.05, 0.1) is 10.5 Å². The Kier molecular flexibility index (Phi) is 5.53. The van der Waals surface area contributed by atoms with E-state index in [0.29, 0.717) is 16.8 Å². The summed E-state index contributed by atoms with van der Waals surface area (Å²) in [4.78, 5) is 12.4. The highest BCUT2D eigenvalue weighted by atomic mass is 32.2. The number of benzene rings is 3. The predicted molar refractivity (Wildman–Crippen MR) is 121 cm³/mol. The number of fused-ring (bicyclic) bond motifs is 1. The first-order valence-electron chi connectivity index (χ1n) is 9.89. The van der Waals surface area contributed by atoms with Gasteiger partial charge in [-0.15, -0.1) is 0 Å². The Morgan fingerprint density at radius 2 is 1.64 bits per heavy atom. The molecule has 0 saturated heterocycles. The molecule has 0 aromatic heterocycles. The van der Waals surface area contributed by atoms with Gasteiger partial charge in [0, 0.05) is 22.5 Å². The minimum atomic E-state index is -4.52. The molecule has 3 aromatic carbocycles. The van der Waals surface area contributed by atoms with E-state index in [-0.39, 0.29) is 16.5 Å². The van der Waals surface area contributed by atoms with Crippen LogP contribution in [0.1, 0.15) is 27.8 Å². The second-order valence-electron chi connectivity index (χ2n) is 7.76. The maximum Gasteiger partial charge on any atom is 0.416 e. The lowest BCUT2D eigenvalue weighted by Gasteiger charge is -2.11. The molecule has 0 saturated carbocycles. The van der Waals surface area contributed by atoms with E-state index in [9.17, 15) is 26.4 Å². The van der Waals surface area contributed by atoms with E-state index < -0.39 is 21.8 Å². The molecule has 0 aliphatic carbocycles. The van der Waals surface area contributed by atoms with Crippen molar-refractivity contribution in [2.75, 3.05) is 10.0 Å². The molecule has 170 valence electrons. The molecule has 33 heavy (non-hydrogen) atoms. The topological polar surface area (TPSA) is 75.3 Å². The van der Waals surface area contributed by atoms with Gasteiger partial charge < -0.3 is 5.32 Å². The molecule has 2 N–H and O–H groups in total. The van der Waals surface area contributed by atoms with Crippen LogP contribution in [0.2, 0.25) is 0 Å². The number of halogens is 3. The van der Waals surface area contributed by atoms with Gasteiger partial charge in [0.15, 0.2) is 0 Å². The molecule has 0 fully saturated rings. The van der Waals surface area contributed by atoms with Crippen molar-refractivity contribution in [1.29, 1.82) is 0 Å². The number of carbonyl (C=O) groups excluding carboxylic acids is 1. The maximum atomic E-state index is 12.9. The SMILES string of the molecule is Cc1ccc(C=C2C(=O)Nc3ccc(S(=O)(=O)Nc4ccc(C(F)(F)F)cc4)cc32)c(C)c1. The van der Waals surface area contributed by atoms with Crippen LogP contribution >= 0.6 is 0 Å². The van der Waals surface area contributed by atoms with Crippen molar-refractivity contribution in [2.45, 2.75) is 24.9 Å². The summed E-state index contributed by atoms with van der Waals surface area (Å²) in [6.45, 7) is 3.88. The summed E-state index contributed by atoms with van der Waals surface area (Å²) in [6, 6.07) is 13.7. The highest BCUT2D eigenvalue weighted by Crippen LogP contribution is 2.36. The molecule has 0 unspecified atom stereocenters. The zero-order chi connectivity index (χ0) is 24.0. The molecule has 3 aromatic rings. The fraction of sp³-hybridized carbons (Fsp3) is 0.125. The average molecular weight is 472 g/mol. The van der Waals surface area contributed by atoms with Crippen molar-refractivity contribution in [2.24, 2.45) is 0 Å². The minimum Gasteiger partial charge on any atom is -0.321 e. The third-order valence-electron chi connectivity index (χ3n) is 5.27. The normalized spacial score (nSPS) is 14.8. The summed E-state index contributed by atoms with van der Waals surface area (Å²) in [5.41, 5.74) is 3.21. The molecular weight excluding hydrogens is 453 g/mol. The maximum absolute atomic E-state index is 12.9. The lowest BCUT2D eigenvalue weighted by Crippen LogP contribution is -2.13. The van der Waals surface area contributed by atoms with Crippen molar-refractivity contribution in [3.8, 4) is 0 Å². The largest absolute Gasteiger partial charge is 0.416 e. The van der Waals surface area contributed by atoms with Crippen LogP contribution in [0.4, 0.5) is 24.5 Å². The Balaban J connectivity index is 1.67. The van der Waals surface area contributed by atoms with E-state index in [1.54, 1.807) is 6.08 Å². The first kappa shape index (κ1) is 22.6. The van der Waals surface area contributed by atoms with E-state index in [2.05, 4.69) is 10.0 Å². The minimum absolute atomic E-state index is 0.0104. The Bertz CT molecular complexity index is 1390. The highest BCUT2D eigenvalue weighted by Gasteiger charge is 2.30. The van der Waals surface area contributed by atoms with Crippen LogP contribution in [0.25, 0.3) is 11.6 Å². The number of alkyl halides is 3. The number of anilines is 2. The molecule has 1 heterocycles. The van der Waals surface area contributed by atoms with Gasteiger partial charge in [-0.05, 0) is 73.5 Å². The zero-order valence-electron chi connectivity index (χ0n) is 17.6. The quantitative estimate of drug-likeness (QED) is 0.485. The first-order valence-corrected chi connectivity index (χ1v) is 11.4. The molecule has 9 heteroatoms. The number of sulfonamides is 1. The Labute approximate surface area is 189 Å². The zero-order valence-corrected chi connectivity index (χ0v) is 18.4. The summed E-state index contributed by atoms with van der Waals surface area (Å²) in [7, 11) is -4.11. The second-order valence-corrected chi connectivity index (χ2v) is 9.44. The van der Waals surface area contributed by atoms with E-state index in [4.69, 9.17) is 0 Å². The van der Waals surface area contributed by atoms with Gasteiger partial charge in [0.1, 0.15) is 0 Å². The summed E-state index contributed by atoms with van der Waals surface area (Å²) < 4.78 is 66.2. The molecule has 1 amide bonds. The molecule has 0 spiro atoms. The number of aryl methyl sites for hydroxylation is 2. The lowest BCUT2D eigenvalue weighted by atomic mass is 10.00. The number of carbonyl (C=O) groups is 1. The van der Waals surface area contributed by atoms with E-state index in [1.807, 2.05) is 32.0 Å². The van der Waals surface area contributed by atoms with Crippen LogP contribution in [0.3, 0.4) is 0 Å². The molecule has 4 rings (SSSR count). The van der Waals surface area contributed by atoms with Crippen molar-refractivity contribution in [1.82, 2.24) is 0 Å². The fourth-order valence-electron chi connectivity index (χ4n) is 3.56. The molecule has 0 atom stereocenters.